The largest absolute Gasteiger partial charge is 0.494 e. The predicted molar refractivity (Wildman–Crippen MR) is 177 cm³/mol. The van der Waals surface area contributed by atoms with Crippen LogP contribution in [-0.2, 0) is 13.1 Å². The molecule has 1 aromatic carbocycles. The van der Waals surface area contributed by atoms with Crippen LogP contribution in [0, 0.1) is 29.1 Å². The van der Waals surface area contributed by atoms with Crippen LogP contribution in [0.25, 0.3) is 33.6 Å². The maximum atomic E-state index is 13.9. The molecule has 244 valence electrons. The molecule has 13 nitrogen and oxygen atoms in total. The summed E-state index contributed by atoms with van der Waals surface area (Å²) in [5, 5.41) is 20.6. The fourth-order valence-corrected chi connectivity index (χ4v) is 8.15. The number of likely N-dealkylation sites (tertiary alicyclic amines) is 1. The van der Waals surface area contributed by atoms with Crippen molar-refractivity contribution in [2.75, 3.05) is 31.6 Å². The van der Waals surface area contributed by atoms with Gasteiger partial charge in [-0.15, -0.1) is 0 Å². The van der Waals surface area contributed by atoms with Crippen LogP contribution in [0.1, 0.15) is 41.6 Å². The summed E-state index contributed by atoms with van der Waals surface area (Å²) in [6.07, 6.45) is 7.60. The van der Waals surface area contributed by atoms with Gasteiger partial charge in [-0.3, -0.25) is 4.79 Å². The summed E-state index contributed by atoms with van der Waals surface area (Å²) in [4.78, 5) is 35.8. The van der Waals surface area contributed by atoms with Crippen molar-refractivity contribution in [2.24, 2.45) is 23.5 Å². The Morgan fingerprint density at radius 3 is 2.62 bits per heavy atom. The second-order valence-corrected chi connectivity index (χ2v) is 13.8. The molecule has 2 aliphatic heterocycles. The number of pyridine rings is 1. The third kappa shape index (κ3) is 4.57. The number of hydrogen-bond donors (Lipinski definition) is 2. The van der Waals surface area contributed by atoms with Gasteiger partial charge in [-0.25, -0.2) is 15.0 Å². The van der Waals surface area contributed by atoms with Gasteiger partial charge in [0.25, 0.3) is 5.91 Å². The summed E-state index contributed by atoms with van der Waals surface area (Å²) in [6, 6.07) is 11.8. The van der Waals surface area contributed by atoms with Gasteiger partial charge >= 0.3 is 6.01 Å². The third-order valence-corrected chi connectivity index (χ3v) is 10.8. The molecule has 4 aromatic heterocycles. The van der Waals surface area contributed by atoms with Crippen LogP contribution in [0.3, 0.4) is 0 Å². The van der Waals surface area contributed by atoms with Gasteiger partial charge in [-0.1, -0.05) is 0 Å². The number of piperidine rings is 1. The van der Waals surface area contributed by atoms with Crippen LogP contribution in [0.4, 0.5) is 5.82 Å². The molecule has 2 unspecified atom stereocenters. The second-order valence-electron chi connectivity index (χ2n) is 13.8. The van der Waals surface area contributed by atoms with E-state index in [1.807, 2.05) is 34.2 Å². The number of rotatable bonds is 8. The zero-order chi connectivity index (χ0) is 32.7. The van der Waals surface area contributed by atoms with Crippen molar-refractivity contribution in [1.29, 1.82) is 5.26 Å². The maximum Gasteiger partial charge on any atom is 0.315 e. The molecule has 0 radical (unpaired) electrons. The van der Waals surface area contributed by atoms with Crippen molar-refractivity contribution in [2.45, 2.75) is 50.9 Å². The third-order valence-electron chi connectivity index (χ3n) is 10.8. The predicted octanol–water partition coefficient (Wildman–Crippen LogP) is 3.54. The molecule has 4 fully saturated rings. The van der Waals surface area contributed by atoms with Crippen LogP contribution in [0.15, 0.2) is 42.7 Å². The van der Waals surface area contributed by atoms with Gasteiger partial charge in [0.05, 0.1) is 24.5 Å². The number of amides is 1. The average molecular weight is 645 g/mol. The van der Waals surface area contributed by atoms with E-state index >= 15 is 0 Å². The summed E-state index contributed by atoms with van der Waals surface area (Å²) in [6.45, 7) is 3.44. The lowest BCUT2D eigenvalue weighted by atomic mass is 9.99. The lowest BCUT2D eigenvalue weighted by molar-refractivity contribution is 0.0700. The molecule has 4 aliphatic rings. The average Bonchev–Trinajstić information content (AvgIpc) is 3.44. The molecule has 3 atom stereocenters. The molecular weight excluding hydrogens is 608 g/mol. The van der Waals surface area contributed by atoms with Crippen molar-refractivity contribution in [3.05, 3.63) is 53.9 Å². The van der Waals surface area contributed by atoms with Crippen molar-refractivity contribution >= 4 is 33.8 Å². The van der Waals surface area contributed by atoms with Gasteiger partial charge in [0.2, 0.25) is 0 Å². The van der Waals surface area contributed by atoms with Gasteiger partial charge in [0.15, 0.2) is 11.6 Å². The smallest absolute Gasteiger partial charge is 0.315 e. The highest BCUT2D eigenvalue weighted by Crippen LogP contribution is 2.41. The Morgan fingerprint density at radius 2 is 1.90 bits per heavy atom. The fourth-order valence-electron chi connectivity index (χ4n) is 8.15. The molecular formula is C35H36N10O3. The first-order valence-corrected chi connectivity index (χ1v) is 16.7. The van der Waals surface area contributed by atoms with E-state index in [4.69, 9.17) is 20.4 Å². The molecule has 2 bridgehead atoms. The number of fused-ring (bicyclic) bond motifs is 4. The molecule has 1 amide bonds. The van der Waals surface area contributed by atoms with Crippen LogP contribution in [0.5, 0.6) is 11.8 Å². The number of imidazole rings is 1. The van der Waals surface area contributed by atoms with E-state index in [0.29, 0.717) is 66.2 Å². The topological polar surface area (TPSA) is 164 Å². The van der Waals surface area contributed by atoms with Crippen LogP contribution >= 0.6 is 0 Å². The number of ether oxygens (including phenoxy) is 1. The highest BCUT2D eigenvalue weighted by atomic mass is 16.5. The summed E-state index contributed by atoms with van der Waals surface area (Å²) >= 11 is 0. The number of nitrogens with zero attached hydrogens (tertiary/aromatic N) is 9. The Balaban J connectivity index is 1.14. The normalized spacial score (nSPS) is 22.1. The summed E-state index contributed by atoms with van der Waals surface area (Å²) in [7, 11) is 1.64. The van der Waals surface area contributed by atoms with E-state index in [-0.39, 0.29) is 29.9 Å². The summed E-state index contributed by atoms with van der Waals surface area (Å²) < 4.78 is 10.5. The number of carbonyl (C=O) groups is 1. The van der Waals surface area contributed by atoms with E-state index in [1.54, 1.807) is 7.11 Å². The van der Waals surface area contributed by atoms with Crippen LogP contribution in [0.2, 0.25) is 0 Å². The zero-order valence-corrected chi connectivity index (χ0v) is 26.7. The van der Waals surface area contributed by atoms with Gasteiger partial charge in [-0.2, -0.15) is 10.2 Å². The number of anilines is 1. The second kappa shape index (κ2) is 10.9. The van der Waals surface area contributed by atoms with Gasteiger partial charge in [0, 0.05) is 67.9 Å². The first-order valence-electron chi connectivity index (χ1n) is 16.7. The highest BCUT2D eigenvalue weighted by molar-refractivity contribution is 6.00. The molecule has 3 N–H and O–H groups in total. The number of hydrogen-bond acceptors (Lipinski definition) is 10. The standard InChI is InChI=1S/C35H36N10O3/c1-48-28-11-23(34(46)44-18-22-6-7-26(44)29(22)37)9-25-30(28)45(17-20-14-42(15-20)32-24(12-36)13-39-35(47)41-32)33(40-25)27-10-21-3-2-8-38-31(21)43(27)16-19-4-5-19/h2-3,8-11,13,19-20,22,26,29H,4-7,14-18,37H2,1H3,(H,39,41,47)/t22?,26?,29-/m1/s1. The van der Waals surface area contributed by atoms with E-state index in [9.17, 15) is 15.2 Å². The highest BCUT2D eigenvalue weighted by Gasteiger charge is 2.47. The zero-order valence-electron chi connectivity index (χ0n) is 26.7. The lowest BCUT2D eigenvalue weighted by Gasteiger charge is -2.40. The van der Waals surface area contributed by atoms with E-state index < -0.39 is 0 Å². The number of nitrogens with two attached hydrogens (primary N) is 1. The summed E-state index contributed by atoms with van der Waals surface area (Å²) in [5.74, 6) is 2.95. The van der Waals surface area contributed by atoms with Crippen molar-refractivity contribution < 1.29 is 14.6 Å². The van der Waals surface area contributed by atoms with Gasteiger partial charge in [0.1, 0.15) is 28.5 Å². The molecule has 5 aromatic rings. The van der Waals surface area contributed by atoms with Crippen molar-refractivity contribution in [1.82, 2.24) is 34.0 Å². The molecule has 2 saturated carbocycles. The minimum absolute atomic E-state index is 0.0305. The molecule has 48 heavy (non-hydrogen) atoms. The first-order chi connectivity index (χ1) is 23.4. The van der Waals surface area contributed by atoms with Crippen LogP contribution < -0.4 is 15.4 Å². The van der Waals surface area contributed by atoms with E-state index in [1.165, 1.54) is 19.0 Å². The van der Waals surface area contributed by atoms with E-state index in [2.05, 4.69) is 37.3 Å². The number of methoxy groups -OCH3 is 1. The number of carbonyl (C=O) groups excluding carboxylic acids is 1. The van der Waals surface area contributed by atoms with Gasteiger partial charge in [-0.05, 0) is 67.9 Å². The minimum atomic E-state index is -0.355. The van der Waals surface area contributed by atoms with Crippen molar-refractivity contribution in [3.63, 3.8) is 0 Å². The van der Waals surface area contributed by atoms with Gasteiger partial charge < -0.3 is 34.5 Å². The molecule has 13 heteroatoms. The quantitative estimate of drug-likeness (QED) is 0.255. The SMILES string of the molecule is COc1cc(C(=O)N2CC3CCC2[C@@H]3N)cc2nc(-c3cc4cccnc4n3CC3CC3)n(CC3CN(c4nc(O)ncc4C#N)C3)c12. The lowest BCUT2D eigenvalue weighted by Crippen LogP contribution is -2.49. The van der Waals surface area contributed by atoms with Crippen LogP contribution in [-0.4, -0.2) is 83.8 Å². The first kappa shape index (κ1) is 29.0. The van der Waals surface area contributed by atoms with E-state index in [0.717, 1.165) is 47.5 Å². The van der Waals surface area contributed by atoms with Crippen molar-refractivity contribution in [3.8, 4) is 29.3 Å². The Morgan fingerprint density at radius 1 is 1.06 bits per heavy atom. The Kier molecular flexibility index (Phi) is 6.59. The Hall–Kier alpha value is -5.22. The number of nitriles is 1. The molecule has 2 aliphatic carbocycles. The number of aromatic nitrogens is 6. The number of aromatic hydroxyl groups is 1. The number of benzene rings is 1. The minimum Gasteiger partial charge on any atom is -0.494 e. The summed E-state index contributed by atoms with van der Waals surface area (Å²) in [5.41, 5.74) is 10.8. The molecule has 2 saturated heterocycles. The Bertz CT molecular complexity index is 2140. The molecule has 6 heterocycles. The molecule has 0 spiro atoms. The monoisotopic (exact) mass is 644 g/mol. The maximum absolute atomic E-state index is 13.9. The molecule has 9 rings (SSSR count). The fraction of sp³-hybridized carbons (Fsp3) is 0.429. The Labute approximate surface area is 276 Å².